The fourth-order valence-corrected chi connectivity index (χ4v) is 5.11. The number of hydrogen-bond acceptors (Lipinski definition) is 3. The predicted molar refractivity (Wildman–Crippen MR) is 130 cm³/mol. The number of ether oxygens (including phenoxy) is 1. The van der Waals surface area contributed by atoms with Gasteiger partial charge in [0.15, 0.2) is 0 Å². The molecule has 4 nitrogen and oxygen atoms in total. The van der Waals surface area contributed by atoms with E-state index in [9.17, 15) is 13.6 Å². The summed E-state index contributed by atoms with van der Waals surface area (Å²) in [6.07, 6.45) is 6.43. The van der Waals surface area contributed by atoms with E-state index < -0.39 is 11.6 Å². The van der Waals surface area contributed by atoms with Crippen LogP contribution in [-0.4, -0.2) is 48.4 Å². The van der Waals surface area contributed by atoms with Crippen molar-refractivity contribution in [3.05, 3.63) is 70.2 Å². The SMILES string of the molecule is O=C(CCC1CCCC1)N1CCN(C[C@@H](OCc2c(F)cccc2F)c2ccc(Cl)cc2)CC1. The number of benzene rings is 2. The molecule has 1 saturated heterocycles. The van der Waals surface area contributed by atoms with Gasteiger partial charge < -0.3 is 9.64 Å². The van der Waals surface area contributed by atoms with Crippen LogP contribution in [0.4, 0.5) is 8.78 Å². The summed E-state index contributed by atoms with van der Waals surface area (Å²) < 4.78 is 34.3. The van der Waals surface area contributed by atoms with Gasteiger partial charge in [0.25, 0.3) is 0 Å². The molecular formula is C27H33ClF2N2O2. The summed E-state index contributed by atoms with van der Waals surface area (Å²) >= 11 is 6.05. The minimum absolute atomic E-state index is 0.0702. The number of amides is 1. The Morgan fingerprint density at radius 2 is 1.65 bits per heavy atom. The van der Waals surface area contributed by atoms with Crippen molar-refractivity contribution in [3.63, 3.8) is 0 Å². The molecule has 4 rings (SSSR count). The molecule has 1 heterocycles. The maximum Gasteiger partial charge on any atom is 0.222 e. The first-order valence-electron chi connectivity index (χ1n) is 12.3. The van der Waals surface area contributed by atoms with Crippen LogP contribution in [0.2, 0.25) is 5.02 Å². The van der Waals surface area contributed by atoms with E-state index in [1.807, 2.05) is 17.0 Å². The maximum absolute atomic E-state index is 14.1. The van der Waals surface area contributed by atoms with Crippen molar-refractivity contribution < 1.29 is 18.3 Å². The van der Waals surface area contributed by atoms with E-state index >= 15 is 0 Å². The molecule has 2 fully saturated rings. The Morgan fingerprint density at radius 1 is 1.00 bits per heavy atom. The van der Waals surface area contributed by atoms with Crippen LogP contribution in [0.5, 0.6) is 0 Å². The smallest absolute Gasteiger partial charge is 0.222 e. The minimum Gasteiger partial charge on any atom is -0.367 e. The fourth-order valence-electron chi connectivity index (χ4n) is 4.99. The molecule has 2 aromatic carbocycles. The number of carbonyl (C=O) groups excluding carboxylic acids is 1. The first kappa shape index (κ1) is 25.1. The molecule has 0 aromatic heterocycles. The van der Waals surface area contributed by atoms with Gasteiger partial charge in [-0.15, -0.1) is 0 Å². The predicted octanol–water partition coefficient (Wildman–Crippen LogP) is 5.99. The average molecular weight is 491 g/mol. The molecular weight excluding hydrogens is 458 g/mol. The molecule has 1 saturated carbocycles. The molecule has 1 aliphatic carbocycles. The van der Waals surface area contributed by atoms with Crippen LogP contribution in [0.3, 0.4) is 0 Å². The average Bonchev–Trinajstić information content (AvgIpc) is 3.36. The third-order valence-electron chi connectivity index (χ3n) is 7.12. The first-order valence-corrected chi connectivity index (χ1v) is 12.7. The largest absolute Gasteiger partial charge is 0.367 e. The topological polar surface area (TPSA) is 32.8 Å². The number of hydrogen-bond donors (Lipinski definition) is 0. The summed E-state index contributed by atoms with van der Waals surface area (Å²) in [5.74, 6) is -0.243. The van der Waals surface area contributed by atoms with Gasteiger partial charge in [-0.25, -0.2) is 8.78 Å². The Balaban J connectivity index is 1.33. The second kappa shape index (κ2) is 12.1. The number of nitrogens with zero attached hydrogens (tertiary/aromatic N) is 2. The van der Waals surface area contributed by atoms with Gasteiger partial charge >= 0.3 is 0 Å². The highest BCUT2D eigenvalue weighted by Crippen LogP contribution is 2.29. The van der Waals surface area contributed by atoms with Crippen LogP contribution in [0.25, 0.3) is 0 Å². The van der Waals surface area contributed by atoms with E-state index in [1.54, 1.807) is 12.1 Å². The molecule has 1 atom stereocenters. The van der Waals surface area contributed by atoms with E-state index in [2.05, 4.69) is 4.90 Å². The molecule has 34 heavy (non-hydrogen) atoms. The van der Waals surface area contributed by atoms with Crippen molar-refractivity contribution in [3.8, 4) is 0 Å². The van der Waals surface area contributed by atoms with Gasteiger partial charge in [0.05, 0.1) is 12.7 Å². The quantitative estimate of drug-likeness (QED) is 0.433. The molecule has 184 valence electrons. The van der Waals surface area contributed by atoms with Crippen LogP contribution < -0.4 is 0 Å². The molecule has 0 spiro atoms. The summed E-state index contributed by atoms with van der Waals surface area (Å²) in [6.45, 7) is 3.29. The maximum atomic E-state index is 14.1. The molecule has 0 N–H and O–H groups in total. The standard InChI is InChI=1S/C27H33ClF2N2O2/c28-22-11-9-21(10-12-22)26(34-19-23-24(29)6-3-7-25(23)30)18-31-14-16-32(17-15-31)27(33)13-8-20-4-1-2-5-20/h3,6-7,9-12,20,26H,1-2,4-5,8,13-19H2/t26-/m1/s1. The monoisotopic (exact) mass is 490 g/mol. The van der Waals surface area contributed by atoms with Gasteiger partial charge in [-0.2, -0.15) is 0 Å². The Hall–Kier alpha value is -2.02. The lowest BCUT2D eigenvalue weighted by Crippen LogP contribution is -2.49. The highest BCUT2D eigenvalue weighted by Gasteiger charge is 2.25. The molecule has 7 heteroatoms. The highest BCUT2D eigenvalue weighted by atomic mass is 35.5. The van der Waals surface area contributed by atoms with E-state index in [0.29, 0.717) is 31.1 Å². The Labute approximate surface area is 205 Å². The Kier molecular flexibility index (Phi) is 8.92. The lowest BCUT2D eigenvalue weighted by molar-refractivity contribution is -0.133. The second-order valence-electron chi connectivity index (χ2n) is 9.42. The molecule has 0 radical (unpaired) electrons. The van der Waals surface area contributed by atoms with Gasteiger partial charge in [0, 0.05) is 49.7 Å². The van der Waals surface area contributed by atoms with Gasteiger partial charge in [-0.1, -0.05) is 55.5 Å². The summed E-state index contributed by atoms with van der Waals surface area (Å²) in [5, 5.41) is 0.618. The molecule has 1 amide bonds. The van der Waals surface area contributed by atoms with Crippen LogP contribution in [0, 0.1) is 17.6 Å². The molecule has 0 unspecified atom stereocenters. The zero-order chi connectivity index (χ0) is 23.9. The van der Waals surface area contributed by atoms with Gasteiger partial charge in [0.2, 0.25) is 5.91 Å². The zero-order valence-electron chi connectivity index (χ0n) is 19.5. The van der Waals surface area contributed by atoms with Gasteiger partial charge in [0.1, 0.15) is 11.6 Å². The summed E-state index contributed by atoms with van der Waals surface area (Å²) in [7, 11) is 0. The fraction of sp³-hybridized carbons (Fsp3) is 0.519. The summed E-state index contributed by atoms with van der Waals surface area (Å²) in [4.78, 5) is 16.9. The highest BCUT2D eigenvalue weighted by molar-refractivity contribution is 6.30. The van der Waals surface area contributed by atoms with Crippen LogP contribution in [0.1, 0.15) is 55.8 Å². The molecule has 0 bridgehead atoms. The van der Waals surface area contributed by atoms with E-state index in [0.717, 1.165) is 31.0 Å². The van der Waals surface area contributed by atoms with E-state index in [-0.39, 0.29) is 24.2 Å². The van der Waals surface area contributed by atoms with Crippen molar-refractivity contribution in [1.82, 2.24) is 9.80 Å². The summed E-state index contributed by atoms with van der Waals surface area (Å²) in [5.41, 5.74) is 0.829. The Bertz CT molecular complexity index is 922. The van der Waals surface area contributed by atoms with Crippen LogP contribution in [0.15, 0.2) is 42.5 Å². The molecule has 2 aromatic rings. The number of piperazine rings is 1. The summed E-state index contributed by atoms with van der Waals surface area (Å²) in [6, 6.07) is 11.2. The lowest BCUT2D eigenvalue weighted by Gasteiger charge is -2.36. The normalized spacial score (nSPS) is 18.4. The number of rotatable bonds is 9. The lowest BCUT2D eigenvalue weighted by atomic mass is 10.0. The van der Waals surface area contributed by atoms with E-state index in [4.69, 9.17) is 16.3 Å². The third-order valence-corrected chi connectivity index (χ3v) is 7.37. The molecule has 2 aliphatic rings. The third kappa shape index (κ3) is 6.77. The van der Waals surface area contributed by atoms with Crippen molar-refractivity contribution in [1.29, 1.82) is 0 Å². The number of halogens is 3. The number of carbonyl (C=O) groups is 1. The van der Waals surface area contributed by atoms with Crippen molar-refractivity contribution in [2.75, 3.05) is 32.7 Å². The van der Waals surface area contributed by atoms with Crippen LogP contribution in [-0.2, 0) is 16.1 Å². The van der Waals surface area contributed by atoms with Crippen molar-refractivity contribution >= 4 is 17.5 Å². The minimum atomic E-state index is -0.611. The zero-order valence-corrected chi connectivity index (χ0v) is 20.3. The Morgan fingerprint density at radius 3 is 2.29 bits per heavy atom. The molecule has 1 aliphatic heterocycles. The van der Waals surface area contributed by atoms with Crippen molar-refractivity contribution in [2.45, 2.75) is 51.2 Å². The second-order valence-corrected chi connectivity index (χ2v) is 9.86. The van der Waals surface area contributed by atoms with Gasteiger partial charge in [-0.05, 0) is 42.2 Å². The van der Waals surface area contributed by atoms with Crippen LogP contribution >= 0.6 is 11.6 Å². The van der Waals surface area contributed by atoms with Crippen molar-refractivity contribution in [2.24, 2.45) is 5.92 Å². The first-order chi connectivity index (χ1) is 16.5. The van der Waals surface area contributed by atoms with E-state index in [1.165, 1.54) is 43.9 Å². The van der Waals surface area contributed by atoms with Gasteiger partial charge in [-0.3, -0.25) is 9.69 Å².